The Morgan fingerprint density at radius 3 is 2.91 bits per heavy atom. The average molecular weight is 539 g/mol. The predicted molar refractivity (Wildman–Crippen MR) is 138 cm³/mol. The number of aromatic nitrogens is 3. The summed E-state index contributed by atoms with van der Waals surface area (Å²) >= 11 is 5.27. The number of aryl methyl sites for hydroxylation is 1. The van der Waals surface area contributed by atoms with Crippen molar-refractivity contribution >= 4 is 39.4 Å². The number of benzene rings is 2. The summed E-state index contributed by atoms with van der Waals surface area (Å²) in [4.78, 5) is 17.9. The van der Waals surface area contributed by atoms with Crippen molar-refractivity contribution in [3.63, 3.8) is 0 Å². The molecule has 8 heteroatoms. The molecule has 0 radical (unpaired) electrons. The molecular formula is C26H27BrN4O2S. The van der Waals surface area contributed by atoms with Crippen molar-refractivity contribution < 1.29 is 9.53 Å². The zero-order valence-corrected chi connectivity index (χ0v) is 21.7. The van der Waals surface area contributed by atoms with Gasteiger partial charge in [-0.3, -0.25) is 4.79 Å². The maximum atomic E-state index is 13.2. The molecule has 5 rings (SSSR count). The highest BCUT2D eigenvalue weighted by molar-refractivity contribution is 9.10. The van der Waals surface area contributed by atoms with Crippen LogP contribution in [0.5, 0.6) is 5.75 Å². The molecule has 6 nitrogen and oxygen atoms in total. The number of halogens is 1. The number of allylic oxidation sites excluding steroid dienone is 2. The van der Waals surface area contributed by atoms with Gasteiger partial charge in [-0.1, -0.05) is 58.9 Å². The van der Waals surface area contributed by atoms with E-state index in [4.69, 9.17) is 14.8 Å². The molecule has 2 aromatic carbocycles. The van der Waals surface area contributed by atoms with Crippen molar-refractivity contribution in [2.45, 2.75) is 57.3 Å². The second kappa shape index (κ2) is 9.96. The lowest BCUT2D eigenvalue weighted by Gasteiger charge is -2.33. The van der Waals surface area contributed by atoms with Gasteiger partial charge >= 0.3 is 0 Å². The number of hydrogen-bond acceptors (Lipinski definition) is 6. The molecule has 1 N–H and O–H groups in total. The van der Waals surface area contributed by atoms with E-state index < -0.39 is 0 Å². The van der Waals surface area contributed by atoms with Crippen molar-refractivity contribution in [3.8, 4) is 5.75 Å². The summed E-state index contributed by atoms with van der Waals surface area (Å²) in [6.07, 6.45) is 3.26. The first-order chi connectivity index (χ1) is 16.5. The number of nitrogens with zero attached hydrogens (tertiary/aromatic N) is 3. The molecule has 0 saturated heterocycles. The summed E-state index contributed by atoms with van der Waals surface area (Å²) in [5.41, 5.74) is 4.96. The fourth-order valence-electron chi connectivity index (χ4n) is 4.47. The molecule has 0 bridgehead atoms. The van der Waals surface area contributed by atoms with Crippen LogP contribution < -0.4 is 10.1 Å². The number of ether oxygens (including phenoxy) is 1. The largest absolute Gasteiger partial charge is 0.489 e. The molecule has 1 aliphatic heterocycles. The monoisotopic (exact) mass is 538 g/mol. The molecule has 2 aliphatic rings. The van der Waals surface area contributed by atoms with Gasteiger partial charge in [-0.15, -0.1) is 5.10 Å². The summed E-state index contributed by atoms with van der Waals surface area (Å²) in [6.45, 7) is 4.68. The van der Waals surface area contributed by atoms with Crippen LogP contribution in [0.4, 0.5) is 5.95 Å². The number of ketones is 1. The first-order valence-corrected chi connectivity index (χ1v) is 13.4. The number of rotatable bonds is 7. The maximum absolute atomic E-state index is 13.2. The van der Waals surface area contributed by atoms with Gasteiger partial charge in [0.15, 0.2) is 5.78 Å². The van der Waals surface area contributed by atoms with Gasteiger partial charge in [0.2, 0.25) is 11.1 Å². The Morgan fingerprint density at radius 2 is 2.09 bits per heavy atom. The van der Waals surface area contributed by atoms with Gasteiger partial charge in [0, 0.05) is 33.5 Å². The zero-order valence-electron chi connectivity index (χ0n) is 19.3. The quantitative estimate of drug-likeness (QED) is 0.348. The molecular weight excluding hydrogens is 512 g/mol. The summed E-state index contributed by atoms with van der Waals surface area (Å²) < 4.78 is 9.16. The molecule has 0 spiro atoms. The van der Waals surface area contributed by atoms with Crippen LogP contribution in [0, 0.1) is 6.92 Å². The molecule has 1 atom stereocenters. The maximum Gasteiger partial charge on any atom is 0.227 e. The smallest absolute Gasteiger partial charge is 0.227 e. The number of hydrogen-bond donors (Lipinski definition) is 1. The van der Waals surface area contributed by atoms with Crippen LogP contribution in [-0.2, 0) is 11.4 Å². The Kier molecular flexibility index (Phi) is 6.79. The number of carbonyl (C=O) groups excluding carboxylic acids is 1. The number of carbonyl (C=O) groups is 1. The SMILES string of the molecule is CCCSc1nc2n(n1)C(c1cc(Br)ccc1OCc1ccccc1C)C1=C(CCCC1=O)N2. The van der Waals surface area contributed by atoms with Gasteiger partial charge < -0.3 is 10.1 Å². The molecule has 34 heavy (non-hydrogen) atoms. The standard InChI is InChI=1S/C26H27BrN4O2S/c1-3-13-34-26-29-25-28-20-9-6-10-21(32)23(20)24(31(25)30-26)19-14-18(27)11-12-22(19)33-15-17-8-5-4-7-16(17)2/h4-5,7-8,11-12,14,24H,3,6,9-10,13,15H2,1-2H3,(H,28,29,30). The average Bonchev–Trinajstić information content (AvgIpc) is 3.24. The number of nitrogens with one attached hydrogen (secondary N) is 1. The lowest BCUT2D eigenvalue weighted by atomic mass is 9.85. The Bertz CT molecular complexity index is 1270. The summed E-state index contributed by atoms with van der Waals surface area (Å²) in [5.74, 6) is 2.53. The third-order valence-corrected chi connectivity index (χ3v) is 7.73. The van der Waals surface area contributed by atoms with Gasteiger partial charge in [-0.2, -0.15) is 4.98 Å². The highest BCUT2D eigenvalue weighted by atomic mass is 79.9. The Labute approximate surface area is 212 Å². The van der Waals surface area contributed by atoms with Gasteiger partial charge in [0.25, 0.3) is 0 Å². The molecule has 2 heterocycles. The molecule has 176 valence electrons. The predicted octanol–water partition coefficient (Wildman–Crippen LogP) is 6.45. The minimum Gasteiger partial charge on any atom is -0.489 e. The molecule has 1 aliphatic carbocycles. The van der Waals surface area contributed by atoms with Crippen molar-refractivity contribution in [1.29, 1.82) is 0 Å². The van der Waals surface area contributed by atoms with Crippen LogP contribution in [0.1, 0.15) is 55.3 Å². The Hall–Kier alpha value is -2.58. The first-order valence-electron chi connectivity index (χ1n) is 11.6. The highest BCUT2D eigenvalue weighted by Gasteiger charge is 2.38. The summed E-state index contributed by atoms with van der Waals surface area (Å²) in [7, 11) is 0. The van der Waals surface area contributed by atoms with Gasteiger partial charge in [-0.05, 0) is 55.5 Å². The second-order valence-electron chi connectivity index (χ2n) is 8.60. The Morgan fingerprint density at radius 1 is 1.24 bits per heavy atom. The van der Waals surface area contributed by atoms with E-state index in [1.54, 1.807) is 11.8 Å². The number of anilines is 1. The van der Waals surface area contributed by atoms with Crippen molar-refractivity contribution in [1.82, 2.24) is 14.8 Å². The van der Waals surface area contributed by atoms with Crippen LogP contribution >= 0.6 is 27.7 Å². The molecule has 0 fully saturated rings. The lowest BCUT2D eigenvalue weighted by molar-refractivity contribution is -0.116. The lowest BCUT2D eigenvalue weighted by Crippen LogP contribution is -2.31. The second-order valence-corrected chi connectivity index (χ2v) is 10.6. The molecule has 1 unspecified atom stereocenters. The van der Waals surface area contributed by atoms with Crippen molar-refractivity contribution in [2.75, 3.05) is 11.1 Å². The van der Waals surface area contributed by atoms with Gasteiger partial charge in [0.1, 0.15) is 18.4 Å². The van der Waals surface area contributed by atoms with Crippen LogP contribution in [0.3, 0.4) is 0 Å². The van der Waals surface area contributed by atoms with Crippen LogP contribution in [0.2, 0.25) is 0 Å². The fraction of sp³-hybridized carbons (Fsp3) is 0.346. The summed E-state index contributed by atoms with van der Waals surface area (Å²) in [6, 6.07) is 13.8. The van der Waals surface area contributed by atoms with Gasteiger partial charge in [0.05, 0.1) is 0 Å². The van der Waals surface area contributed by atoms with E-state index in [0.717, 1.165) is 62.8 Å². The third-order valence-electron chi connectivity index (χ3n) is 6.19. The van der Waals surface area contributed by atoms with E-state index in [2.05, 4.69) is 47.2 Å². The molecule has 3 aromatic rings. The highest BCUT2D eigenvalue weighted by Crippen LogP contribution is 2.44. The zero-order chi connectivity index (χ0) is 23.7. The summed E-state index contributed by atoms with van der Waals surface area (Å²) in [5, 5.41) is 8.95. The fourth-order valence-corrected chi connectivity index (χ4v) is 5.53. The van der Waals surface area contributed by atoms with Crippen molar-refractivity contribution in [2.24, 2.45) is 0 Å². The number of thioether (sulfide) groups is 1. The topological polar surface area (TPSA) is 69.0 Å². The number of fused-ring (bicyclic) bond motifs is 1. The van der Waals surface area contributed by atoms with Crippen LogP contribution in [0.15, 0.2) is 63.4 Å². The van der Waals surface area contributed by atoms with Crippen LogP contribution in [0.25, 0.3) is 0 Å². The first kappa shape index (κ1) is 23.2. The normalized spacial score (nSPS) is 17.3. The minimum absolute atomic E-state index is 0.160. The van der Waals surface area contributed by atoms with E-state index >= 15 is 0 Å². The van der Waals surface area contributed by atoms with Gasteiger partial charge in [-0.25, -0.2) is 4.68 Å². The third kappa shape index (κ3) is 4.53. The van der Waals surface area contributed by atoms with Crippen LogP contribution in [-0.4, -0.2) is 26.3 Å². The van der Waals surface area contributed by atoms with E-state index in [-0.39, 0.29) is 11.8 Å². The van der Waals surface area contributed by atoms with E-state index in [1.165, 1.54) is 5.56 Å². The molecule has 0 saturated carbocycles. The van der Waals surface area contributed by atoms with Crippen molar-refractivity contribution in [3.05, 3.63) is 74.9 Å². The van der Waals surface area contributed by atoms with E-state index in [0.29, 0.717) is 19.0 Å². The van der Waals surface area contributed by atoms with E-state index in [9.17, 15) is 4.79 Å². The molecule has 1 aromatic heterocycles. The minimum atomic E-state index is -0.383. The number of Topliss-reactive ketones (excluding diaryl/α,β-unsaturated/α-hetero) is 1. The molecule has 0 amide bonds. The Balaban J connectivity index is 1.59. The van der Waals surface area contributed by atoms with E-state index in [1.807, 2.05) is 35.0 Å².